The van der Waals surface area contributed by atoms with E-state index >= 15 is 0 Å². The third-order valence-corrected chi connectivity index (χ3v) is 3.54. The molecule has 0 aromatic carbocycles. The van der Waals surface area contributed by atoms with Crippen molar-refractivity contribution in [2.75, 3.05) is 19.6 Å². The van der Waals surface area contributed by atoms with Gasteiger partial charge in [-0.2, -0.15) is 0 Å². The molecule has 0 spiro atoms. The van der Waals surface area contributed by atoms with Crippen molar-refractivity contribution in [2.24, 2.45) is 5.73 Å². The Morgan fingerprint density at radius 1 is 1.28 bits per heavy atom. The number of aliphatic hydroxyl groups excluding tert-OH is 1. The van der Waals surface area contributed by atoms with Crippen molar-refractivity contribution in [2.45, 2.75) is 37.5 Å². The number of nitrogens with zero attached hydrogens (tertiary/aromatic N) is 2. The molecule has 0 radical (unpaired) electrons. The molecule has 2 fully saturated rings. The molecular formula is C11H19N3O4. The van der Waals surface area contributed by atoms with Crippen LogP contribution in [0.1, 0.15) is 19.3 Å². The van der Waals surface area contributed by atoms with E-state index in [1.54, 1.807) is 4.90 Å². The van der Waals surface area contributed by atoms with E-state index in [0.717, 1.165) is 12.8 Å². The fourth-order valence-electron chi connectivity index (χ4n) is 2.62. The Hall–Kier alpha value is -1.34. The van der Waals surface area contributed by atoms with Crippen LogP contribution < -0.4 is 5.73 Å². The summed E-state index contributed by atoms with van der Waals surface area (Å²) in [7, 11) is 0. The molecule has 2 saturated heterocycles. The van der Waals surface area contributed by atoms with E-state index in [2.05, 4.69) is 0 Å². The predicted octanol–water partition coefficient (Wildman–Crippen LogP) is -0.951. The Morgan fingerprint density at radius 2 is 2.00 bits per heavy atom. The molecule has 2 heterocycles. The van der Waals surface area contributed by atoms with Crippen LogP contribution in [0.2, 0.25) is 0 Å². The van der Waals surface area contributed by atoms with Crippen LogP contribution in [0.3, 0.4) is 0 Å². The summed E-state index contributed by atoms with van der Waals surface area (Å²) < 4.78 is 0. The molecule has 7 nitrogen and oxygen atoms in total. The molecule has 0 aliphatic carbocycles. The normalized spacial score (nSPS) is 32.7. The second-order valence-corrected chi connectivity index (χ2v) is 5.03. The van der Waals surface area contributed by atoms with Gasteiger partial charge in [0.1, 0.15) is 6.04 Å². The summed E-state index contributed by atoms with van der Waals surface area (Å²) >= 11 is 0. The molecule has 2 aliphatic rings. The zero-order valence-corrected chi connectivity index (χ0v) is 10.2. The minimum atomic E-state index is -1.07. The zero-order chi connectivity index (χ0) is 13.3. The van der Waals surface area contributed by atoms with E-state index in [1.165, 1.54) is 4.90 Å². The Labute approximate surface area is 105 Å². The fraction of sp³-hybridized carbons (Fsp3) is 0.818. The second kappa shape index (κ2) is 5.11. The van der Waals surface area contributed by atoms with Gasteiger partial charge >= 0.3 is 12.0 Å². The molecule has 0 saturated carbocycles. The number of urea groups is 1. The number of carboxylic acids is 1. The van der Waals surface area contributed by atoms with E-state index in [-0.39, 0.29) is 25.0 Å². The number of carbonyl (C=O) groups excluding carboxylic acids is 1. The van der Waals surface area contributed by atoms with E-state index in [1.807, 2.05) is 0 Å². The SMILES string of the molecule is NC1CCCN(C(=O)N2CC(O)C[C@H]2C(=O)O)C1. The summed E-state index contributed by atoms with van der Waals surface area (Å²) in [6, 6.07) is -1.29. The third kappa shape index (κ3) is 2.56. The van der Waals surface area contributed by atoms with Crippen molar-refractivity contribution in [3.63, 3.8) is 0 Å². The molecule has 3 atom stereocenters. The predicted molar refractivity (Wildman–Crippen MR) is 62.9 cm³/mol. The van der Waals surface area contributed by atoms with Gasteiger partial charge in [-0.1, -0.05) is 0 Å². The first-order valence-corrected chi connectivity index (χ1v) is 6.21. The molecule has 0 aromatic heterocycles. The third-order valence-electron chi connectivity index (χ3n) is 3.54. The first-order chi connectivity index (χ1) is 8.49. The van der Waals surface area contributed by atoms with Gasteiger partial charge in [0, 0.05) is 32.1 Å². The summed E-state index contributed by atoms with van der Waals surface area (Å²) in [6.07, 6.45) is 1.06. The number of nitrogens with two attached hydrogens (primary N) is 1. The van der Waals surface area contributed by atoms with Crippen LogP contribution in [0.15, 0.2) is 0 Å². The first-order valence-electron chi connectivity index (χ1n) is 6.21. The smallest absolute Gasteiger partial charge is 0.326 e. The number of carbonyl (C=O) groups is 2. The van der Waals surface area contributed by atoms with Crippen LogP contribution in [-0.2, 0) is 4.79 Å². The molecule has 4 N–H and O–H groups in total. The summed E-state index contributed by atoms with van der Waals surface area (Å²) in [4.78, 5) is 26.1. The van der Waals surface area contributed by atoms with Gasteiger partial charge in [0.25, 0.3) is 0 Å². The number of hydrogen-bond acceptors (Lipinski definition) is 4. The highest BCUT2D eigenvalue weighted by Crippen LogP contribution is 2.21. The molecule has 2 aliphatic heterocycles. The maximum Gasteiger partial charge on any atom is 0.326 e. The van der Waals surface area contributed by atoms with Crippen LogP contribution in [-0.4, -0.2) is 69.8 Å². The molecular weight excluding hydrogens is 238 g/mol. The van der Waals surface area contributed by atoms with Gasteiger partial charge in [0.2, 0.25) is 0 Å². The number of hydrogen-bond donors (Lipinski definition) is 3. The Kier molecular flexibility index (Phi) is 3.72. The van der Waals surface area contributed by atoms with E-state index in [9.17, 15) is 14.7 Å². The van der Waals surface area contributed by atoms with Gasteiger partial charge in [-0.15, -0.1) is 0 Å². The lowest BCUT2D eigenvalue weighted by Gasteiger charge is -2.35. The number of aliphatic hydroxyl groups is 1. The molecule has 7 heteroatoms. The molecule has 2 amide bonds. The maximum atomic E-state index is 12.2. The maximum absolute atomic E-state index is 12.2. The van der Waals surface area contributed by atoms with Gasteiger partial charge in [-0.05, 0) is 12.8 Å². The first kappa shape index (κ1) is 13.1. The lowest BCUT2D eigenvalue weighted by molar-refractivity contribution is -0.141. The Balaban J connectivity index is 2.05. The summed E-state index contributed by atoms with van der Waals surface area (Å²) in [5.41, 5.74) is 5.81. The second-order valence-electron chi connectivity index (χ2n) is 5.03. The topological polar surface area (TPSA) is 107 Å². The zero-order valence-electron chi connectivity index (χ0n) is 10.2. The van der Waals surface area contributed by atoms with E-state index in [4.69, 9.17) is 10.8 Å². The lowest BCUT2D eigenvalue weighted by Crippen LogP contribution is -2.53. The quantitative estimate of drug-likeness (QED) is 0.561. The summed E-state index contributed by atoms with van der Waals surface area (Å²) in [5, 5.41) is 18.6. The van der Waals surface area contributed by atoms with Crippen molar-refractivity contribution in [1.82, 2.24) is 9.80 Å². The minimum Gasteiger partial charge on any atom is -0.480 e. The molecule has 2 rings (SSSR count). The summed E-state index contributed by atoms with van der Waals surface area (Å²) in [6.45, 7) is 1.14. The molecule has 18 heavy (non-hydrogen) atoms. The number of carboxylic acid groups (broad SMARTS) is 1. The van der Waals surface area contributed by atoms with Gasteiger partial charge in [-0.25, -0.2) is 9.59 Å². The largest absolute Gasteiger partial charge is 0.480 e. The van der Waals surface area contributed by atoms with Crippen molar-refractivity contribution < 1.29 is 19.8 Å². The molecule has 0 bridgehead atoms. The average molecular weight is 257 g/mol. The fourth-order valence-corrected chi connectivity index (χ4v) is 2.62. The average Bonchev–Trinajstić information content (AvgIpc) is 2.70. The van der Waals surface area contributed by atoms with Gasteiger partial charge in [-0.3, -0.25) is 0 Å². The van der Waals surface area contributed by atoms with Crippen LogP contribution in [0.5, 0.6) is 0 Å². The number of aliphatic carboxylic acids is 1. The van der Waals surface area contributed by atoms with Gasteiger partial charge < -0.3 is 25.7 Å². The lowest BCUT2D eigenvalue weighted by atomic mass is 10.1. The number of likely N-dealkylation sites (tertiary alicyclic amines) is 2. The standard InChI is InChI=1S/C11H19N3O4/c12-7-2-1-3-13(5-7)11(18)14-6-8(15)4-9(14)10(16)17/h7-9,15H,1-6,12H2,(H,16,17)/t7?,8?,9-/m0/s1. The van der Waals surface area contributed by atoms with Crippen LogP contribution >= 0.6 is 0 Å². The van der Waals surface area contributed by atoms with Crippen molar-refractivity contribution >= 4 is 12.0 Å². The number of β-amino-alcohol motifs (C(OH)–C–C–N with tert-alkyl or cyclic N) is 1. The molecule has 102 valence electrons. The van der Waals surface area contributed by atoms with Gasteiger partial charge in [0.15, 0.2) is 0 Å². The van der Waals surface area contributed by atoms with Crippen LogP contribution in [0.4, 0.5) is 4.79 Å². The Bertz CT molecular complexity index is 349. The number of rotatable bonds is 1. The Morgan fingerprint density at radius 3 is 2.61 bits per heavy atom. The highest BCUT2D eigenvalue weighted by Gasteiger charge is 2.41. The van der Waals surface area contributed by atoms with Gasteiger partial charge in [0.05, 0.1) is 6.10 Å². The molecule has 2 unspecified atom stereocenters. The van der Waals surface area contributed by atoms with Crippen molar-refractivity contribution in [3.05, 3.63) is 0 Å². The van der Waals surface area contributed by atoms with Crippen molar-refractivity contribution in [3.8, 4) is 0 Å². The number of amides is 2. The van der Waals surface area contributed by atoms with E-state index in [0.29, 0.717) is 13.1 Å². The number of piperidine rings is 1. The molecule has 0 aromatic rings. The minimum absolute atomic E-state index is 0.0431. The monoisotopic (exact) mass is 257 g/mol. The summed E-state index contributed by atoms with van der Waals surface area (Å²) in [5.74, 6) is -1.07. The van der Waals surface area contributed by atoms with Crippen molar-refractivity contribution in [1.29, 1.82) is 0 Å². The highest BCUT2D eigenvalue weighted by atomic mass is 16.4. The van der Waals surface area contributed by atoms with Crippen LogP contribution in [0, 0.1) is 0 Å². The van der Waals surface area contributed by atoms with E-state index < -0.39 is 18.1 Å². The highest BCUT2D eigenvalue weighted by molar-refractivity contribution is 5.83. The van der Waals surface area contributed by atoms with Crippen LogP contribution in [0.25, 0.3) is 0 Å².